The Hall–Kier alpha value is -0.299. The molecule has 6 nitrogen and oxygen atoms in total. The van der Waals surface area contributed by atoms with Crippen LogP contribution in [0.4, 0.5) is 16.8 Å². The Balaban J connectivity index is 0.00000400. The van der Waals surface area contributed by atoms with Gasteiger partial charge >= 0.3 is 68.9 Å². The van der Waals surface area contributed by atoms with Gasteiger partial charge in [-0.25, -0.2) is 0 Å². The Morgan fingerprint density at radius 1 is 1.38 bits per heavy atom. The maximum atomic E-state index is 12.8. The minimum atomic E-state index is -5.47. The number of benzene rings is 1. The van der Waals surface area contributed by atoms with Crippen LogP contribution in [-0.4, -0.2) is 15.4 Å². The number of nitrogens with zero attached hydrogens (tertiary/aromatic N) is 3. The molecule has 0 N–H and O–H groups in total. The summed E-state index contributed by atoms with van der Waals surface area (Å²) in [5.41, 5.74) is 6.66. The Kier molecular flexibility index (Phi) is 7.70. The van der Waals surface area contributed by atoms with Crippen LogP contribution in [0.3, 0.4) is 0 Å². The van der Waals surface area contributed by atoms with Crippen LogP contribution >= 0.6 is 0 Å². The van der Waals surface area contributed by atoms with E-state index < -0.39 is 35.2 Å². The van der Waals surface area contributed by atoms with Crippen molar-refractivity contribution in [2.45, 2.75) is 13.5 Å². The largest absolute Gasteiger partial charge is 1.00 e. The van der Waals surface area contributed by atoms with Gasteiger partial charge < -0.3 is 17.1 Å². The molecule has 0 aliphatic rings. The van der Waals surface area contributed by atoms with Crippen molar-refractivity contribution >= 4 is 22.9 Å². The Bertz CT molecular complexity index is 676. The first kappa shape index (κ1) is 20.7. The quantitative estimate of drug-likeness (QED) is 0.178. The van der Waals surface area contributed by atoms with Gasteiger partial charge in [0.05, 0.1) is 6.54 Å². The summed E-state index contributed by atoms with van der Waals surface area (Å²) in [6, 6.07) is 1.25. The first-order valence-corrected chi connectivity index (χ1v) is 6.33. The van der Waals surface area contributed by atoms with Gasteiger partial charge in [-0.3, -0.25) is 0 Å². The van der Waals surface area contributed by atoms with Crippen LogP contribution in [0.1, 0.15) is 11.1 Å². The van der Waals surface area contributed by atoms with E-state index in [1.54, 1.807) is 0 Å². The summed E-state index contributed by atoms with van der Waals surface area (Å²) in [5.74, 6) is -0.838. The molecule has 1 rings (SSSR count). The minimum absolute atomic E-state index is 0. The van der Waals surface area contributed by atoms with E-state index in [2.05, 4.69) is 14.2 Å². The second-order valence-electron chi connectivity index (χ2n) is 3.74. The molecule has 0 aromatic heterocycles. The summed E-state index contributed by atoms with van der Waals surface area (Å²) in [6.45, 7) is -4.80. The maximum absolute atomic E-state index is 12.8. The predicted octanol–water partition coefficient (Wildman–Crippen LogP) is -0.543. The molecule has 0 radical (unpaired) electrons. The van der Waals surface area contributed by atoms with Crippen LogP contribution in [0.15, 0.2) is 17.2 Å². The standard InChI is InChI=1S/C8H7BF4N3O3S.K/c1-5-6(4-15-16-14)2-7(19-20(13,17)18)3-8(5)9(10,11)12;/h2-3H,4H2,1H3;/q-1;+1. The second-order valence-corrected chi connectivity index (χ2v) is 4.69. The number of azide groups is 1. The van der Waals surface area contributed by atoms with Crippen molar-refractivity contribution in [2.24, 2.45) is 5.11 Å². The number of hydrogen-bond acceptors (Lipinski definition) is 4. The zero-order valence-corrected chi connectivity index (χ0v) is 14.9. The van der Waals surface area contributed by atoms with E-state index in [0.717, 1.165) is 13.0 Å². The minimum Gasteiger partial charge on any atom is -0.445 e. The van der Waals surface area contributed by atoms with E-state index in [1.807, 2.05) is 0 Å². The zero-order chi connectivity index (χ0) is 15.6. The molecule has 0 unspecified atom stereocenters. The van der Waals surface area contributed by atoms with Crippen LogP contribution in [0.5, 0.6) is 5.75 Å². The third kappa shape index (κ3) is 6.55. The average Bonchev–Trinajstić information content (AvgIpc) is 2.26. The summed E-state index contributed by atoms with van der Waals surface area (Å²) in [6.07, 6.45) is 0. The molecule has 0 saturated heterocycles. The summed E-state index contributed by atoms with van der Waals surface area (Å²) in [5, 5.41) is 3.09. The van der Waals surface area contributed by atoms with Crippen molar-refractivity contribution in [3.8, 4) is 5.75 Å². The predicted molar refractivity (Wildman–Crippen MR) is 63.4 cm³/mol. The average molecular weight is 351 g/mol. The van der Waals surface area contributed by atoms with Crippen molar-refractivity contribution in [1.29, 1.82) is 0 Å². The third-order valence-corrected chi connectivity index (χ3v) is 2.77. The summed E-state index contributed by atoms with van der Waals surface area (Å²) in [7, 11) is -5.45. The second kappa shape index (κ2) is 7.81. The summed E-state index contributed by atoms with van der Waals surface area (Å²) in [4.78, 5) is 2.38. The van der Waals surface area contributed by atoms with Crippen LogP contribution in [0.25, 0.3) is 10.4 Å². The van der Waals surface area contributed by atoms with E-state index in [0.29, 0.717) is 6.07 Å². The van der Waals surface area contributed by atoms with Crippen LogP contribution in [0, 0.1) is 6.92 Å². The zero-order valence-electron chi connectivity index (χ0n) is 10.9. The van der Waals surface area contributed by atoms with E-state index in [-0.39, 0.29) is 62.5 Å². The van der Waals surface area contributed by atoms with Crippen molar-refractivity contribution in [1.82, 2.24) is 0 Å². The molecule has 13 heteroatoms. The van der Waals surface area contributed by atoms with Gasteiger partial charge in [0.1, 0.15) is 5.75 Å². The molecule has 0 aliphatic heterocycles. The van der Waals surface area contributed by atoms with Gasteiger partial charge in [-0.1, -0.05) is 14.6 Å². The van der Waals surface area contributed by atoms with E-state index in [9.17, 15) is 25.3 Å². The maximum Gasteiger partial charge on any atom is 1.00 e. The van der Waals surface area contributed by atoms with Crippen LogP contribution in [-0.2, 0) is 17.0 Å². The molecule has 0 atom stereocenters. The summed E-state index contributed by atoms with van der Waals surface area (Å²) >= 11 is 0. The van der Waals surface area contributed by atoms with Crippen molar-refractivity contribution < 1.29 is 80.8 Å². The van der Waals surface area contributed by atoms with Crippen molar-refractivity contribution in [3.05, 3.63) is 33.7 Å². The van der Waals surface area contributed by atoms with Crippen LogP contribution in [0.2, 0.25) is 0 Å². The van der Waals surface area contributed by atoms with Gasteiger partial charge in [-0.15, -0.1) is 5.46 Å². The van der Waals surface area contributed by atoms with E-state index in [1.165, 1.54) is 0 Å². The molecule has 0 saturated carbocycles. The Labute approximate surface area is 160 Å². The fourth-order valence-corrected chi connectivity index (χ4v) is 1.87. The molecule has 110 valence electrons. The number of hydrogen-bond donors (Lipinski definition) is 0. The molecule has 1 aromatic carbocycles. The summed E-state index contributed by atoms with van der Waals surface area (Å²) < 4.78 is 75.3. The van der Waals surface area contributed by atoms with Crippen molar-refractivity contribution in [2.75, 3.05) is 0 Å². The molecule has 0 fully saturated rings. The monoisotopic (exact) mass is 351 g/mol. The van der Waals surface area contributed by atoms with E-state index >= 15 is 0 Å². The molecule has 0 heterocycles. The first-order valence-electron chi connectivity index (χ1n) is 5.03. The van der Waals surface area contributed by atoms with Gasteiger partial charge in [0.25, 0.3) is 0 Å². The first-order chi connectivity index (χ1) is 9.04. The molecule has 1 aromatic rings. The topological polar surface area (TPSA) is 92.1 Å². The van der Waals surface area contributed by atoms with Crippen LogP contribution < -0.4 is 61.0 Å². The normalized spacial score (nSPS) is 11.3. The molecule has 0 aliphatic carbocycles. The van der Waals surface area contributed by atoms with Gasteiger partial charge in [0.15, 0.2) is 0 Å². The fraction of sp³-hybridized carbons (Fsp3) is 0.250. The van der Waals surface area contributed by atoms with Gasteiger partial charge in [-0.2, -0.15) is 8.42 Å². The molecule has 21 heavy (non-hydrogen) atoms. The van der Waals surface area contributed by atoms with Crippen molar-refractivity contribution in [3.63, 3.8) is 0 Å². The third-order valence-electron chi connectivity index (χ3n) is 2.38. The number of halogens is 4. The van der Waals surface area contributed by atoms with Gasteiger partial charge in [0.2, 0.25) is 0 Å². The Morgan fingerprint density at radius 3 is 2.38 bits per heavy atom. The SMILES string of the molecule is Cc1c(CN=[N+]=[N-])cc(OS(=O)(=O)F)cc1[B-](F)(F)F.[K+]. The molecule has 0 bridgehead atoms. The smallest absolute Gasteiger partial charge is 0.445 e. The number of rotatable bonds is 5. The van der Waals surface area contributed by atoms with E-state index in [4.69, 9.17) is 5.53 Å². The molecule has 0 amide bonds. The fourth-order valence-electron chi connectivity index (χ4n) is 1.54. The van der Waals surface area contributed by atoms with Gasteiger partial charge in [-0.05, 0) is 30.2 Å². The van der Waals surface area contributed by atoms with Gasteiger partial charge in [0, 0.05) is 4.91 Å². The Morgan fingerprint density at radius 2 is 1.95 bits per heavy atom. The molecule has 0 spiro atoms. The molecular formula is C8H7BF4KN3O3S. The molecular weight excluding hydrogens is 344 g/mol.